The first-order valence-electron chi connectivity index (χ1n) is 27.3. The van der Waals surface area contributed by atoms with E-state index in [2.05, 4.69) is 42.5 Å². The van der Waals surface area contributed by atoms with Gasteiger partial charge >= 0.3 is 17.9 Å². The van der Waals surface area contributed by atoms with E-state index < -0.39 is 182 Å². The third-order valence-corrected chi connectivity index (χ3v) is 12.4. The van der Waals surface area contributed by atoms with Crippen molar-refractivity contribution in [3.8, 4) is 5.75 Å². The highest BCUT2D eigenvalue weighted by Crippen LogP contribution is 2.14. The lowest BCUT2D eigenvalue weighted by Crippen LogP contribution is -2.61. The van der Waals surface area contributed by atoms with Crippen LogP contribution in [0.1, 0.15) is 98.0 Å². The van der Waals surface area contributed by atoms with Gasteiger partial charge in [-0.05, 0) is 81.5 Å². The molecule has 0 radical (unpaired) electrons. The summed E-state index contributed by atoms with van der Waals surface area (Å²) in [6.45, 7) is 4.66. The van der Waals surface area contributed by atoms with Gasteiger partial charge in [-0.1, -0.05) is 39.8 Å². The minimum atomic E-state index is -2.08. The number of carbonyl (C=O) groups excluding carboxylic acids is 11. The molecule has 0 bridgehead atoms. The lowest BCUT2D eigenvalue weighted by molar-refractivity contribution is -0.143. The van der Waals surface area contributed by atoms with Gasteiger partial charge in [0.05, 0.1) is 44.7 Å². The standard InChI is InChI=1S/C52H83N13O21/c1-24(2)16-31(58-46(79)32(17-25(3)4)59-49(82)36(22-66)63-43(76)29(54)13-14-38(55)70)47(80)61-34(20-41(74)75)48(81)64-37(23-67)50(83)60-33(19-40(72)73)44(77)56-21-39(71)57-30(8-6-7-15-53)45(78)65-42(26(5)68)51(84)62-35(52(85)86)18-27-9-11-28(69)12-10-27/h9-12,24-26,29-37,42,66-69H,6-8,13-23,53-54H2,1-5H3,(H2,55,70)(H,56,77)(H,57,71)(H,58,79)(H,59,82)(H,60,83)(H,61,80)(H,62,84)(H,63,76)(H,64,81)(H,65,78)(H,72,73)(H,74,75)(H,85,86)/t26-,29+,30+,31+,32+,33+,34+,35+,36+,37+,42+/m1/s1. The normalized spacial score (nSPS) is 14.9. The second-order valence-corrected chi connectivity index (χ2v) is 20.9. The average molecular weight is 1230 g/mol. The number of amides is 11. The van der Waals surface area contributed by atoms with Gasteiger partial charge in [0.15, 0.2) is 0 Å². The number of aromatic hydroxyl groups is 1. The lowest BCUT2D eigenvalue weighted by atomic mass is 9.99. The van der Waals surface area contributed by atoms with Crippen molar-refractivity contribution in [3.05, 3.63) is 29.8 Å². The van der Waals surface area contributed by atoms with E-state index in [1.807, 2.05) is 10.6 Å². The van der Waals surface area contributed by atoms with Crippen LogP contribution in [0.5, 0.6) is 5.75 Å². The van der Waals surface area contributed by atoms with Crippen molar-refractivity contribution in [2.45, 2.75) is 165 Å². The number of primary amides is 1. The number of carboxylic acid groups (broad SMARTS) is 3. The van der Waals surface area contributed by atoms with Crippen LogP contribution in [-0.4, -0.2) is 211 Å². The zero-order valence-electron chi connectivity index (χ0n) is 48.3. The lowest BCUT2D eigenvalue weighted by Gasteiger charge is -2.28. The molecule has 0 aromatic heterocycles. The summed E-state index contributed by atoms with van der Waals surface area (Å²) >= 11 is 0. The zero-order valence-corrected chi connectivity index (χ0v) is 48.3. The van der Waals surface area contributed by atoms with Gasteiger partial charge in [0.25, 0.3) is 0 Å². The van der Waals surface area contributed by atoms with Gasteiger partial charge in [-0.2, -0.15) is 0 Å². The molecule has 0 aliphatic carbocycles. The first-order chi connectivity index (χ1) is 40.2. The molecule has 0 spiro atoms. The molecule has 0 saturated carbocycles. The molecule has 1 rings (SSSR count). The molecule has 482 valence electrons. The Morgan fingerprint density at radius 3 is 1.35 bits per heavy atom. The Labute approximate surface area is 494 Å². The monoisotopic (exact) mass is 1230 g/mol. The second kappa shape index (κ2) is 38.4. The van der Waals surface area contributed by atoms with E-state index in [0.717, 1.165) is 6.92 Å². The van der Waals surface area contributed by atoms with Crippen LogP contribution in [0.2, 0.25) is 0 Å². The third kappa shape index (κ3) is 28.8. The summed E-state index contributed by atoms with van der Waals surface area (Å²) in [6.07, 6.45) is -4.51. The molecule has 0 aliphatic heterocycles. The van der Waals surface area contributed by atoms with Crippen molar-refractivity contribution in [2.24, 2.45) is 29.0 Å². The molecule has 86 heavy (non-hydrogen) atoms. The molecule has 0 heterocycles. The maximum Gasteiger partial charge on any atom is 0.326 e. The predicted octanol–water partition coefficient (Wildman–Crippen LogP) is -7.37. The molecule has 0 unspecified atom stereocenters. The third-order valence-electron chi connectivity index (χ3n) is 12.4. The number of benzene rings is 1. The first-order valence-corrected chi connectivity index (χ1v) is 27.3. The summed E-state index contributed by atoms with van der Waals surface area (Å²) in [4.78, 5) is 181. The van der Waals surface area contributed by atoms with Crippen LogP contribution in [0, 0.1) is 11.8 Å². The molecule has 1 aromatic carbocycles. The number of hydrogen-bond acceptors (Lipinski definition) is 20. The van der Waals surface area contributed by atoms with Crippen LogP contribution in [0.3, 0.4) is 0 Å². The summed E-state index contributed by atoms with van der Waals surface area (Å²) in [6, 6.07) is -11.5. The molecule has 0 fully saturated rings. The predicted molar refractivity (Wildman–Crippen MR) is 298 cm³/mol. The van der Waals surface area contributed by atoms with Gasteiger partial charge in [-0.15, -0.1) is 0 Å². The van der Waals surface area contributed by atoms with Gasteiger partial charge in [0.1, 0.15) is 60.1 Å². The van der Waals surface area contributed by atoms with Gasteiger partial charge in [-0.3, -0.25) is 62.3 Å². The molecule has 34 heteroatoms. The number of unbranched alkanes of at least 4 members (excludes halogenated alkanes) is 1. The largest absolute Gasteiger partial charge is 0.508 e. The minimum absolute atomic E-state index is 0.0724. The number of aliphatic hydroxyl groups excluding tert-OH is 3. The fraction of sp³-hybridized carbons (Fsp3) is 0.615. The number of rotatable bonds is 41. The number of phenols is 1. The Bertz CT molecular complexity index is 2520. The highest BCUT2D eigenvalue weighted by molar-refractivity contribution is 6.00. The van der Waals surface area contributed by atoms with Gasteiger partial charge in [-0.25, -0.2) is 4.79 Å². The fourth-order valence-corrected chi connectivity index (χ4v) is 7.92. The van der Waals surface area contributed by atoms with E-state index >= 15 is 0 Å². The Morgan fingerprint density at radius 1 is 0.500 bits per heavy atom. The minimum Gasteiger partial charge on any atom is -0.508 e. The van der Waals surface area contributed by atoms with Gasteiger partial charge < -0.3 is 106 Å². The summed E-state index contributed by atoms with van der Waals surface area (Å²) in [5.74, 6) is -17.9. The van der Waals surface area contributed by atoms with Crippen molar-refractivity contribution in [1.29, 1.82) is 0 Å². The van der Waals surface area contributed by atoms with E-state index in [0.29, 0.717) is 12.0 Å². The molecule has 11 atom stereocenters. The maximum atomic E-state index is 13.8. The highest BCUT2D eigenvalue weighted by atomic mass is 16.4. The Kier molecular flexibility index (Phi) is 33.6. The van der Waals surface area contributed by atoms with E-state index in [1.165, 1.54) is 24.3 Å². The van der Waals surface area contributed by atoms with E-state index in [-0.39, 0.29) is 69.1 Å². The quantitative estimate of drug-likeness (QED) is 0.0271. The Balaban J connectivity index is 3.25. The van der Waals surface area contributed by atoms with Crippen molar-refractivity contribution in [3.63, 3.8) is 0 Å². The van der Waals surface area contributed by atoms with E-state index in [1.54, 1.807) is 27.7 Å². The van der Waals surface area contributed by atoms with Crippen LogP contribution >= 0.6 is 0 Å². The molecular weight excluding hydrogens is 1140 g/mol. The molecule has 11 amide bonds. The molecule has 34 nitrogen and oxygen atoms in total. The fourth-order valence-electron chi connectivity index (χ4n) is 7.92. The van der Waals surface area contributed by atoms with Crippen LogP contribution in [0.15, 0.2) is 24.3 Å². The first kappa shape index (κ1) is 75.4. The number of aliphatic hydroxyl groups is 3. The molecular formula is C52H83N13O21. The number of carbonyl (C=O) groups is 14. The Morgan fingerprint density at radius 2 is 0.919 bits per heavy atom. The number of aliphatic carboxylic acids is 3. The van der Waals surface area contributed by atoms with Crippen molar-refractivity contribution >= 4 is 82.9 Å². The number of carboxylic acids is 3. The van der Waals surface area contributed by atoms with Crippen molar-refractivity contribution in [1.82, 2.24) is 53.2 Å². The van der Waals surface area contributed by atoms with Gasteiger partial charge in [0, 0.05) is 12.8 Å². The number of phenolic OH excluding ortho intramolecular Hbond substituents is 1. The second-order valence-electron chi connectivity index (χ2n) is 20.9. The molecule has 1 aromatic rings. The zero-order chi connectivity index (χ0) is 65.5. The van der Waals surface area contributed by atoms with E-state index in [9.17, 15) is 103 Å². The molecule has 0 saturated heterocycles. The number of nitrogens with one attached hydrogen (secondary N) is 10. The molecule has 23 N–H and O–H groups in total. The van der Waals surface area contributed by atoms with Crippen molar-refractivity contribution in [2.75, 3.05) is 26.3 Å². The van der Waals surface area contributed by atoms with Crippen LogP contribution < -0.4 is 70.4 Å². The van der Waals surface area contributed by atoms with Crippen LogP contribution in [0.25, 0.3) is 0 Å². The van der Waals surface area contributed by atoms with E-state index in [4.69, 9.17) is 17.2 Å². The van der Waals surface area contributed by atoms with Gasteiger partial charge in [0.2, 0.25) is 65.0 Å². The SMILES string of the molecule is CC(C)C[C@H](NC(=O)[C@H](CC(C)C)NC(=O)[C@H](CO)NC(=O)[C@@H](N)CCC(N)=O)C(=O)N[C@@H](CC(=O)O)C(=O)N[C@@H](CO)C(=O)N[C@@H](CC(=O)O)C(=O)NCC(=O)N[C@@H](CCCCN)C(=O)N[C@H](C(=O)N[C@@H](Cc1ccc(O)cc1)C(=O)O)[C@@H](C)O. The summed E-state index contributed by atoms with van der Waals surface area (Å²) in [7, 11) is 0. The highest BCUT2D eigenvalue weighted by Gasteiger charge is 2.37. The Hall–Kier alpha value is -8.60. The van der Waals surface area contributed by atoms with Crippen molar-refractivity contribution < 1.29 is 103 Å². The molecule has 0 aliphatic rings. The van der Waals surface area contributed by atoms with Crippen LogP contribution in [0.4, 0.5) is 0 Å². The summed E-state index contributed by atoms with van der Waals surface area (Å²) < 4.78 is 0. The summed E-state index contributed by atoms with van der Waals surface area (Å²) in [5.41, 5.74) is 16.8. The number of hydrogen-bond donors (Lipinski definition) is 20. The summed E-state index contributed by atoms with van der Waals surface area (Å²) in [5, 5.41) is 91.4. The topological polar surface area (TPSA) is 579 Å². The average Bonchev–Trinajstić information content (AvgIpc) is 2.92. The maximum absolute atomic E-state index is 13.8. The number of nitrogens with two attached hydrogens (primary N) is 3. The smallest absolute Gasteiger partial charge is 0.326 e. The van der Waals surface area contributed by atoms with Crippen LogP contribution in [-0.2, 0) is 73.5 Å².